The van der Waals surface area contributed by atoms with Gasteiger partial charge in [-0.15, -0.1) is 0 Å². The van der Waals surface area contributed by atoms with E-state index in [0.717, 1.165) is 0 Å². The molecule has 36 heavy (non-hydrogen) atoms. The van der Waals surface area contributed by atoms with Gasteiger partial charge >= 0.3 is 11.9 Å². The van der Waals surface area contributed by atoms with Gasteiger partial charge in [-0.3, -0.25) is 0 Å². The molecule has 4 aromatic rings. The van der Waals surface area contributed by atoms with Crippen molar-refractivity contribution in [3.63, 3.8) is 0 Å². The number of carbonyl (C=O) groups is 2. The maximum atomic E-state index is 16.1. The van der Waals surface area contributed by atoms with E-state index in [9.17, 15) is 9.59 Å². The van der Waals surface area contributed by atoms with Gasteiger partial charge in [0.2, 0.25) is 0 Å². The number of carbonyl (C=O) groups excluding carboxylic acids is 2. The Bertz CT molecular complexity index is 1430. The Morgan fingerprint density at radius 1 is 0.972 bits per heavy atom. The molecule has 1 saturated carbocycles. The monoisotopic (exact) mass is 506 g/mol. The van der Waals surface area contributed by atoms with Gasteiger partial charge in [-0.1, -0.05) is 54.6 Å². The molecule has 4 atom stereocenters. The van der Waals surface area contributed by atoms with Gasteiger partial charge in [-0.05, 0) is 29.8 Å². The van der Waals surface area contributed by atoms with Crippen molar-refractivity contribution in [1.82, 2.24) is 19.5 Å². The van der Waals surface area contributed by atoms with E-state index < -0.39 is 36.2 Å². The van der Waals surface area contributed by atoms with Crippen LogP contribution in [0.3, 0.4) is 0 Å². The lowest BCUT2D eigenvalue weighted by atomic mass is 10.0. The first-order valence-electron chi connectivity index (χ1n) is 11.1. The Hall–Kier alpha value is -4.11. The van der Waals surface area contributed by atoms with Crippen LogP contribution in [0.2, 0.25) is 5.15 Å². The van der Waals surface area contributed by atoms with Crippen LogP contribution in [0, 0.1) is 5.92 Å². The molecular formula is C26H20ClFN4O4. The van der Waals surface area contributed by atoms with Crippen LogP contribution in [-0.2, 0) is 9.47 Å². The van der Waals surface area contributed by atoms with Gasteiger partial charge in [-0.2, -0.15) is 0 Å². The second-order valence-corrected chi connectivity index (χ2v) is 8.62. The van der Waals surface area contributed by atoms with Gasteiger partial charge in [0.1, 0.15) is 24.6 Å². The minimum Gasteiger partial charge on any atom is -0.461 e. The number of nitrogens with zero attached hydrogens (tertiary/aromatic N) is 4. The van der Waals surface area contributed by atoms with Crippen LogP contribution in [-0.4, -0.2) is 50.3 Å². The maximum absolute atomic E-state index is 16.1. The fourth-order valence-corrected chi connectivity index (χ4v) is 4.51. The summed E-state index contributed by atoms with van der Waals surface area (Å²) in [5, 5.41) is 0.123. The minimum atomic E-state index is -1.73. The first-order chi connectivity index (χ1) is 17.5. The van der Waals surface area contributed by atoms with Crippen LogP contribution in [0.25, 0.3) is 11.2 Å². The molecule has 10 heteroatoms. The number of fused-ring (bicyclic) bond motifs is 1. The second kappa shape index (κ2) is 9.87. The molecule has 3 unspecified atom stereocenters. The lowest BCUT2D eigenvalue weighted by Crippen LogP contribution is -2.33. The average Bonchev–Trinajstić information content (AvgIpc) is 3.42. The number of esters is 2. The highest BCUT2D eigenvalue weighted by molar-refractivity contribution is 6.33. The van der Waals surface area contributed by atoms with Crippen LogP contribution < -0.4 is 0 Å². The van der Waals surface area contributed by atoms with E-state index in [1.165, 1.54) is 17.2 Å². The fraction of sp³-hybridized carbons (Fsp3) is 0.192. The summed E-state index contributed by atoms with van der Waals surface area (Å²) in [6.07, 6.45) is -0.354. The van der Waals surface area contributed by atoms with Crippen molar-refractivity contribution in [3.05, 3.63) is 102 Å². The summed E-state index contributed by atoms with van der Waals surface area (Å²) in [5.74, 6) is -2.10. The molecule has 2 heterocycles. The Balaban J connectivity index is 1.46. The lowest BCUT2D eigenvalue weighted by Gasteiger charge is -2.21. The summed E-state index contributed by atoms with van der Waals surface area (Å²) < 4.78 is 28.7. The smallest absolute Gasteiger partial charge is 0.338 e. The number of halogens is 2. The van der Waals surface area contributed by atoms with Crippen LogP contribution in [0.15, 0.2) is 85.5 Å². The highest BCUT2D eigenvalue weighted by Gasteiger charge is 2.51. The molecule has 0 spiro atoms. The number of rotatable bonds is 6. The van der Waals surface area contributed by atoms with Crippen LogP contribution >= 0.6 is 11.6 Å². The standard InChI is InChI=1S/C26H20ClFN4O4/c1-15-18(12-35-25(33)16-8-4-2-5-9-16)22(36-26(34)17-10-6-3-7-11-17)19(28)21(15)32-14-31-20-23(27)29-13-30-24(20)32/h2-11,13-14,18-19,21-22H,1,12H2/t18-,19?,21?,22?/m0/s1. The number of benzene rings is 2. The van der Waals surface area contributed by atoms with Crippen molar-refractivity contribution >= 4 is 34.7 Å². The predicted molar refractivity (Wildman–Crippen MR) is 129 cm³/mol. The van der Waals surface area contributed by atoms with Crippen LogP contribution in [0.4, 0.5) is 4.39 Å². The summed E-state index contributed by atoms with van der Waals surface area (Å²) in [4.78, 5) is 37.7. The van der Waals surface area contributed by atoms with Gasteiger partial charge in [0, 0.05) is 0 Å². The van der Waals surface area contributed by atoms with Crippen LogP contribution in [0.1, 0.15) is 26.8 Å². The third-order valence-corrected chi connectivity index (χ3v) is 6.41. The summed E-state index contributed by atoms with van der Waals surface area (Å²) in [7, 11) is 0. The highest BCUT2D eigenvalue weighted by Crippen LogP contribution is 2.44. The normalized spacial score (nSPS) is 21.4. The molecule has 0 N–H and O–H groups in total. The number of imidazole rings is 1. The Morgan fingerprint density at radius 3 is 2.28 bits per heavy atom. The maximum Gasteiger partial charge on any atom is 0.338 e. The zero-order valence-corrected chi connectivity index (χ0v) is 19.6. The van der Waals surface area contributed by atoms with Crippen molar-refractivity contribution in [3.8, 4) is 0 Å². The summed E-state index contributed by atoms with van der Waals surface area (Å²) in [5.41, 5.74) is 1.59. The number of aromatic nitrogens is 4. The molecule has 0 aliphatic heterocycles. The molecule has 0 radical (unpaired) electrons. The molecule has 0 bridgehead atoms. The molecule has 5 rings (SSSR count). The fourth-order valence-electron chi connectivity index (χ4n) is 4.33. The molecule has 2 aromatic heterocycles. The van der Waals surface area contributed by atoms with Crippen molar-refractivity contribution in [1.29, 1.82) is 0 Å². The molecule has 1 fully saturated rings. The summed E-state index contributed by atoms with van der Waals surface area (Å²) in [6, 6.07) is 15.7. The molecule has 8 nitrogen and oxygen atoms in total. The zero-order chi connectivity index (χ0) is 25.2. The Labute approximate surface area is 210 Å². The molecule has 1 aliphatic carbocycles. The Morgan fingerprint density at radius 2 is 1.61 bits per heavy atom. The van der Waals surface area contributed by atoms with Gasteiger partial charge in [-0.25, -0.2) is 28.9 Å². The third kappa shape index (κ3) is 4.33. The van der Waals surface area contributed by atoms with Gasteiger partial charge in [0.05, 0.1) is 29.4 Å². The first-order valence-corrected chi connectivity index (χ1v) is 11.5. The average molecular weight is 507 g/mol. The Kier molecular flexibility index (Phi) is 6.47. The SMILES string of the molecule is C=C1C(n2cnc3c(Cl)ncnc32)C(F)C(OC(=O)c2ccccc2)[C@H]1COC(=O)c1ccccc1. The van der Waals surface area contributed by atoms with Crippen LogP contribution in [0.5, 0.6) is 0 Å². The van der Waals surface area contributed by atoms with E-state index in [2.05, 4.69) is 21.5 Å². The van der Waals surface area contributed by atoms with E-state index in [1.807, 2.05) is 0 Å². The molecule has 2 aromatic carbocycles. The summed E-state index contributed by atoms with van der Waals surface area (Å²) >= 11 is 6.12. The van der Waals surface area contributed by atoms with Gasteiger partial charge < -0.3 is 14.0 Å². The molecule has 1 aliphatic rings. The summed E-state index contributed by atoms with van der Waals surface area (Å²) in [6.45, 7) is 3.85. The molecule has 0 saturated heterocycles. The first kappa shape index (κ1) is 23.6. The lowest BCUT2D eigenvalue weighted by molar-refractivity contribution is -0.0130. The van der Waals surface area contributed by atoms with Crippen molar-refractivity contribution < 1.29 is 23.5 Å². The second-order valence-electron chi connectivity index (χ2n) is 8.26. The highest BCUT2D eigenvalue weighted by atomic mass is 35.5. The molecule has 0 amide bonds. The largest absolute Gasteiger partial charge is 0.461 e. The van der Waals surface area contributed by atoms with E-state index >= 15 is 4.39 Å². The van der Waals surface area contributed by atoms with Gasteiger partial charge in [0.25, 0.3) is 0 Å². The zero-order valence-electron chi connectivity index (χ0n) is 18.8. The molecular weight excluding hydrogens is 487 g/mol. The number of ether oxygens (including phenoxy) is 2. The minimum absolute atomic E-state index is 0.123. The van der Waals surface area contributed by atoms with Crippen molar-refractivity contribution in [2.45, 2.75) is 18.3 Å². The van der Waals surface area contributed by atoms with Crippen molar-refractivity contribution in [2.75, 3.05) is 6.61 Å². The van der Waals surface area contributed by atoms with E-state index in [-0.39, 0.29) is 17.3 Å². The van der Waals surface area contributed by atoms with Gasteiger partial charge in [0.15, 0.2) is 17.0 Å². The van der Waals surface area contributed by atoms with E-state index in [4.69, 9.17) is 21.1 Å². The number of hydrogen-bond acceptors (Lipinski definition) is 7. The topological polar surface area (TPSA) is 96.2 Å². The third-order valence-electron chi connectivity index (χ3n) is 6.14. The van der Waals surface area contributed by atoms with E-state index in [1.54, 1.807) is 60.7 Å². The number of hydrogen-bond donors (Lipinski definition) is 0. The van der Waals surface area contributed by atoms with Crippen molar-refractivity contribution in [2.24, 2.45) is 5.92 Å². The quantitative estimate of drug-likeness (QED) is 0.214. The number of alkyl halides is 1. The predicted octanol–water partition coefficient (Wildman–Crippen LogP) is 4.63. The molecule has 182 valence electrons. The van der Waals surface area contributed by atoms with E-state index in [0.29, 0.717) is 22.3 Å².